The van der Waals surface area contributed by atoms with Crippen molar-refractivity contribution in [1.82, 2.24) is 28.9 Å². The van der Waals surface area contributed by atoms with Crippen LogP contribution in [0.5, 0.6) is 5.75 Å². The van der Waals surface area contributed by atoms with Crippen molar-refractivity contribution < 1.29 is 19.1 Å². The van der Waals surface area contributed by atoms with Crippen molar-refractivity contribution in [1.29, 1.82) is 0 Å². The van der Waals surface area contributed by atoms with E-state index < -0.39 is 0 Å². The maximum absolute atomic E-state index is 13.7. The molecule has 2 bridgehead atoms. The third-order valence-electron chi connectivity index (χ3n) is 10.5. The minimum absolute atomic E-state index is 0.00642. The molecule has 5 heterocycles. The van der Waals surface area contributed by atoms with Gasteiger partial charge in [0.25, 0.3) is 11.8 Å². The maximum Gasteiger partial charge on any atom is 0.254 e. The largest absolute Gasteiger partial charge is 0.494 e. The first-order valence-electron chi connectivity index (χ1n) is 17.2. The van der Waals surface area contributed by atoms with E-state index in [1.54, 1.807) is 30.1 Å². The highest BCUT2D eigenvalue weighted by Crippen LogP contribution is 2.35. The van der Waals surface area contributed by atoms with E-state index in [4.69, 9.17) is 25.2 Å². The molecule has 0 unspecified atom stereocenters. The average molecular weight is 664 g/mol. The lowest BCUT2D eigenvalue weighted by Gasteiger charge is -2.36. The van der Waals surface area contributed by atoms with Gasteiger partial charge in [0.05, 0.1) is 36.2 Å². The number of nitrogens with two attached hydrogens (primary N) is 1. The Bertz CT molecular complexity index is 2050. The molecule has 1 fully saturated rings. The number of aromatic nitrogens is 4. The molecule has 0 spiro atoms. The number of methoxy groups -OCH3 is 2. The molecular weight excluding hydrogens is 618 g/mol. The minimum atomic E-state index is -0.242. The van der Waals surface area contributed by atoms with Crippen LogP contribution in [0.1, 0.15) is 70.6 Å². The van der Waals surface area contributed by atoms with Gasteiger partial charge in [-0.25, -0.2) is 9.97 Å². The van der Waals surface area contributed by atoms with Gasteiger partial charge in [0.2, 0.25) is 0 Å². The topological polar surface area (TPSA) is 121 Å². The van der Waals surface area contributed by atoms with Crippen LogP contribution < -0.4 is 10.5 Å². The molecule has 2 aliphatic heterocycles. The number of piperidine rings is 1. The van der Waals surface area contributed by atoms with Gasteiger partial charge in [-0.3, -0.25) is 9.59 Å². The van der Waals surface area contributed by atoms with Crippen LogP contribution in [0.15, 0.2) is 54.6 Å². The van der Waals surface area contributed by atoms with Crippen LogP contribution in [0.25, 0.3) is 33.6 Å². The number of rotatable bonds is 4. The van der Waals surface area contributed by atoms with Crippen molar-refractivity contribution in [3.63, 3.8) is 0 Å². The molecule has 0 saturated carbocycles. The Morgan fingerprint density at radius 1 is 0.980 bits per heavy atom. The van der Waals surface area contributed by atoms with Crippen molar-refractivity contribution >= 4 is 33.9 Å². The lowest BCUT2D eigenvalue weighted by Crippen LogP contribution is -2.53. The molecular formula is C38H45N7O4. The lowest BCUT2D eigenvalue weighted by molar-refractivity contribution is 0.0227. The second-order valence-electron chi connectivity index (χ2n) is 13.4. The summed E-state index contributed by atoms with van der Waals surface area (Å²) in [5, 5.41) is 1.00. The fourth-order valence-corrected chi connectivity index (χ4v) is 7.50. The van der Waals surface area contributed by atoms with Crippen LogP contribution in [0.2, 0.25) is 0 Å². The summed E-state index contributed by atoms with van der Waals surface area (Å²) in [7, 11) is 7.12. The molecule has 2 aromatic carbocycles. The van der Waals surface area contributed by atoms with E-state index in [0.29, 0.717) is 36.3 Å². The van der Waals surface area contributed by atoms with Gasteiger partial charge in [0.1, 0.15) is 16.9 Å². The summed E-state index contributed by atoms with van der Waals surface area (Å²) in [5.41, 5.74) is 12.8. The smallest absolute Gasteiger partial charge is 0.254 e. The van der Waals surface area contributed by atoms with Gasteiger partial charge >= 0.3 is 0 Å². The molecule has 11 heteroatoms. The Kier molecular flexibility index (Phi) is 8.89. The van der Waals surface area contributed by atoms with Crippen LogP contribution in [-0.2, 0) is 24.8 Å². The number of ether oxygens (including phenoxy) is 2. The lowest BCUT2D eigenvalue weighted by atomic mass is 9.99. The predicted molar refractivity (Wildman–Crippen MR) is 190 cm³/mol. The van der Waals surface area contributed by atoms with E-state index in [0.717, 1.165) is 77.1 Å². The first-order valence-corrected chi connectivity index (χ1v) is 17.2. The Labute approximate surface area is 286 Å². The summed E-state index contributed by atoms with van der Waals surface area (Å²) in [6.45, 7) is 3.79. The SMILES string of the molecule is COc1cc(C(=O)N2CC[C@@H](OC)[C@@H](N)C2)cc2nc(-c3cc4ccc5nc4n3CCCCCc3ccccc3C(=O)N(C)[C@@H]5C)n(C)c12. The molecule has 5 aromatic rings. The molecule has 2 aliphatic rings. The van der Waals surface area contributed by atoms with Gasteiger partial charge in [0.15, 0.2) is 5.82 Å². The third kappa shape index (κ3) is 5.84. The summed E-state index contributed by atoms with van der Waals surface area (Å²) >= 11 is 0. The molecule has 1 saturated heterocycles. The molecule has 2 amide bonds. The Hall–Kier alpha value is -4.74. The number of fused-ring (bicyclic) bond motifs is 3. The molecule has 256 valence electrons. The highest BCUT2D eigenvalue weighted by atomic mass is 16.5. The minimum Gasteiger partial charge on any atom is -0.494 e. The first-order chi connectivity index (χ1) is 23.7. The van der Waals surface area contributed by atoms with Crippen LogP contribution in [0.4, 0.5) is 0 Å². The number of imidazole rings is 1. The molecule has 3 atom stereocenters. The molecule has 11 nitrogen and oxygen atoms in total. The van der Waals surface area contributed by atoms with Gasteiger partial charge in [-0.2, -0.15) is 0 Å². The standard InChI is InChI=1S/C38H45N7O4/c1-23-29-15-14-25-20-31(45(35(25)40-29)17-10-6-7-11-24-12-8-9-13-27(24)38(47)42(23)2)36-41-30-19-26(21-33(49-5)34(30)43(36)3)37(46)44-18-16-32(48-4)28(39)22-44/h8-9,12-15,19-21,23,28,32H,6-7,10-11,16-18,22,39H2,1-5H3/t23-,28+,32-/m1/s1. The second kappa shape index (κ2) is 13.3. The summed E-state index contributed by atoms with van der Waals surface area (Å²) in [6.07, 6.45) is 4.41. The zero-order valence-corrected chi connectivity index (χ0v) is 29.0. The Balaban J connectivity index is 1.29. The molecule has 0 radical (unpaired) electrons. The number of hydrogen-bond acceptors (Lipinski definition) is 7. The van der Waals surface area contributed by atoms with Crippen LogP contribution in [-0.4, -0.2) is 87.2 Å². The van der Waals surface area contributed by atoms with E-state index >= 15 is 0 Å². The number of nitrogens with zero attached hydrogens (tertiary/aromatic N) is 6. The summed E-state index contributed by atoms with van der Waals surface area (Å²) in [5.74, 6) is 1.25. The zero-order valence-electron chi connectivity index (χ0n) is 29.0. The zero-order chi connectivity index (χ0) is 34.4. The van der Waals surface area contributed by atoms with Crippen molar-refractivity contribution in [3.05, 3.63) is 77.0 Å². The van der Waals surface area contributed by atoms with Gasteiger partial charge in [-0.15, -0.1) is 0 Å². The number of aryl methyl sites for hydroxylation is 3. The van der Waals surface area contributed by atoms with Crippen molar-refractivity contribution in [3.8, 4) is 17.3 Å². The van der Waals surface area contributed by atoms with Gasteiger partial charge in [-0.1, -0.05) is 24.6 Å². The number of pyridine rings is 1. The van der Waals surface area contributed by atoms with Crippen molar-refractivity contribution in [2.75, 3.05) is 34.4 Å². The summed E-state index contributed by atoms with van der Waals surface area (Å²) in [4.78, 5) is 41.3. The maximum atomic E-state index is 13.7. The van der Waals surface area contributed by atoms with Gasteiger partial charge < -0.3 is 34.1 Å². The number of carbonyl (C=O) groups is 2. The van der Waals surface area contributed by atoms with E-state index in [1.807, 2.05) is 55.9 Å². The number of amides is 2. The monoisotopic (exact) mass is 663 g/mol. The van der Waals surface area contributed by atoms with E-state index in [2.05, 4.69) is 22.8 Å². The number of benzene rings is 2. The second-order valence-corrected chi connectivity index (χ2v) is 13.4. The fourth-order valence-electron chi connectivity index (χ4n) is 7.50. The van der Waals surface area contributed by atoms with Crippen LogP contribution in [0.3, 0.4) is 0 Å². The summed E-state index contributed by atoms with van der Waals surface area (Å²) < 4.78 is 15.6. The highest BCUT2D eigenvalue weighted by molar-refractivity contribution is 6.00. The Morgan fingerprint density at radius 2 is 1.80 bits per heavy atom. The molecule has 0 aliphatic carbocycles. The van der Waals surface area contributed by atoms with Crippen LogP contribution >= 0.6 is 0 Å². The average Bonchev–Trinajstić information content (AvgIpc) is 3.65. The van der Waals surface area contributed by atoms with Gasteiger partial charge in [0, 0.05) is 63.4 Å². The molecule has 49 heavy (non-hydrogen) atoms. The Morgan fingerprint density at radius 3 is 2.57 bits per heavy atom. The molecule has 7 rings (SSSR count). The third-order valence-corrected chi connectivity index (χ3v) is 10.5. The van der Waals surface area contributed by atoms with E-state index in [1.165, 1.54) is 0 Å². The number of carbonyl (C=O) groups excluding carboxylic acids is 2. The highest BCUT2D eigenvalue weighted by Gasteiger charge is 2.31. The van der Waals surface area contributed by atoms with Crippen molar-refractivity contribution in [2.24, 2.45) is 12.8 Å². The van der Waals surface area contributed by atoms with E-state index in [9.17, 15) is 9.59 Å². The first kappa shape index (κ1) is 32.8. The number of hydrogen-bond donors (Lipinski definition) is 1. The molecule has 2 N–H and O–H groups in total. The number of likely N-dealkylation sites (tertiary alicyclic amines) is 1. The van der Waals surface area contributed by atoms with Gasteiger partial charge in [-0.05, 0) is 74.6 Å². The van der Waals surface area contributed by atoms with Crippen LogP contribution in [0, 0.1) is 0 Å². The summed E-state index contributed by atoms with van der Waals surface area (Å²) in [6, 6.07) is 17.4. The molecule has 3 aromatic heterocycles. The predicted octanol–water partition coefficient (Wildman–Crippen LogP) is 5.35. The normalized spacial score (nSPS) is 20.5. The van der Waals surface area contributed by atoms with E-state index in [-0.39, 0.29) is 30.0 Å². The van der Waals surface area contributed by atoms with Crippen molar-refractivity contribution in [2.45, 2.75) is 63.8 Å². The fraction of sp³-hybridized carbons (Fsp3) is 0.421. The quantitative estimate of drug-likeness (QED) is 0.275.